The second-order valence-electron chi connectivity index (χ2n) is 4.96. The van der Waals surface area contributed by atoms with Crippen LogP contribution in [0.25, 0.3) is 22.7 Å². The third-order valence-electron chi connectivity index (χ3n) is 3.40. The van der Waals surface area contributed by atoms with E-state index in [-0.39, 0.29) is 5.83 Å². The van der Waals surface area contributed by atoms with E-state index in [4.69, 9.17) is 0 Å². The molecule has 3 aromatic rings. The molecule has 0 spiro atoms. The minimum atomic E-state index is -0.209. The average molecular weight is 262 g/mol. The molecule has 3 rings (SSSR count). The van der Waals surface area contributed by atoms with Crippen molar-refractivity contribution in [3.8, 4) is 0 Å². The van der Waals surface area contributed by atoms with E-state index in [2.05, 4.69) is 0 Å². The van der Waals surface area contributed by atoms with E-state index in [1.807, 2.05) is 73.7 Å². The van der Waals surface area contributed by atoms with Crippen LogP contribution in [0.4, 0.5) is 4.39 Å². The molecule has 0 nitrogen and oxygen atoms in total. The molecule has 0 saturated carbocycles. The Labute approximate surface area is 118 Å². The van der Waals surface area contributed by atoms with Crippen molar-refractivity contribution in [2.24, 2.45) is 0 Å². The Morgan fingerprint density at radius 1 is 0.850 bits per heavy atom. The second-order valence-corrected chi connectivity index (χ2v) is 4.96. The molecule has 0 unspecified atom stereocenters. The van der Waals surface area contributed by atoms with Crippen LogP contribution in [-0.4, -0.2) is 0 Å². The molecule has 20 heavy (non-hydrogen) atoms. The van der Waals surface area contributed by atoms with Gasteiger partial charge in [0.1, 0.15) is 5.83 Å². The van der Waals surface area contributed by atoms with Gasteiger partial charge < -0.3 is 0 Å². The maximum atomic E-state index is 14.3. The standard InChI is InChI=1S/C19H15F/c1-14-6-8-15(9-7-14)12-19(20)18-11-10-16-4-2-3-5-17(16)13-18/h2-13H,1H3/b19-12-. The SMILES string of the molecule is Cc1ccc(/C=C(\F)c2ccc3ccccc3c2)cc1. The van der Waals surface area contributed by atoms with E-state index in [9.17, 15) is 4.39 Å². The molecule has 0 fully saturated rings. The van der Waals surface area contributed by atoms with E-state index in [1.54, 1.807) is 6.08 Å². The van der Waals surface area contributed by atoms with Gasteiger partial charge in [-0.25, -0.2) is 4.39 Å². The first kappa shape index (κ1) is 12.6. The van der Waals surface area contributed by atoms with E-state index in [1.165, 1.54) is 5.56 Å². The van der Waals surface area contributed by atoms with Gasteiger partial charge in [0.15, 0.2) is 0 Å². The summed E-state index contributed by atoms with van der Waals surface area (Å²) in [5.41, 5.74) is 2.67. The van der Waals surface area contributed by atoms with Crippen molar-refractivity contribution in [2.45, 2.75) is 6.92 Å². The molecule has 0 N–H and O–H groups in total. The Morgan fingerprint density at radius 3 is 2.30 bits per heavy atom. The average Bonchev–Trinajstić information content (AvgIpc) is 2.49. The fourth-order valence-electron chi connectivity index (χ4n) is 2.23. The Bertz CT molecular complexity index is 767. The predicted molar refractivity (Wildman–Crippen MR) is 84.1 cm³/mol. The summed E-state index contributed by atoms with van der Waals surface area (Å²) in [6, 6.07) is 21.5. The van der Waals surface area contributed by atoms with Crippen LogP contribution < -0.4 is 0 Å². The van der Waals surface area contributed by atoms with Gasteiger partial charge in [0.05, 0.1) is 0 Å². The van der Waals surface area contributed by atoms with E-state index in [0.717, 1.165) is 16.3 Å². The molecule has 3 aromatic carbocycles. The van der Waals surface area contributed by atoms with Gasteiger partial charge in [0.25, 0.3) is 0 Å². The van der Waals surface area contributed by atoms with Crippen LogP contribution in [0.3, 0.4) is 0 Å². The van der Waals surface area contributed by atoms with Crippen LogP contribution in [0.2, 0.25) is 0 Å². The fourth-order valence-corrected chi connectivity index (χ4v) is 2.23. The third kappa shape index (κ3) is 2.62. The molecule has 0 aliphatic heterocycles. The first-order valence-corrected chi connectivity index (χ1v) is 6.65. The highest BCUT2D eigenvalue weighted by atomic mass is 19.1. The van der Waals surface area contributed by atoms with Crippen molar-refractivity contribution in [1.82, 2.24) is 0 Å². The summed E-state index contributed by atoms with van der Waals surface area (Å²) in [6.45, 7) is 2.02. The van der Waals surface area contributed by atoms with Crippen LogP contribution in [0.15, 0.2) is 66.7 Å². The first-order valence-electron chi connectivity index (χ1n) is 6.65. The summed E-state index contributed by atoms with van der Waals surface area (Å²) in [6.07, 6.45) is 1.57. The quantitative estimate of drug-likeness (QED) is 0.526. The molecule has 0 heterocycles. The third-order valence-corrected chi connectivity index (χ3v) is 3.40. The van der Waals surface area contributed by atoms with Gasteiger partial charge in [-0.3, -0.25) is 0 Å². The van der Waals surface area contributed by atoms with Crippen LogP contribution in [-0.2, 0) is 0 Å². The lowest BCUT2D eigenvalue weighted by molar-refractivity contribution is 0.765. The Hall–Kier alpha value is -2.41. The van der Waals surface area contributed by atoms with Gasteiger partial charge in [-0.15, -0.1) is 0 Å². The summed E-state index contributed by atoms with van der Waals surface area (Å²) in [4.78, 5) is 0. The highest BCUT2D eigenvalue weighted by molar-refractivity contribution is 5.87. The Morgan fingerprint density at radius 2 is 1.55 bits per heavy atom. The number of rotatable bonds is 2. The number of benzene rings is 3. The van der Waals surface area contributed by atoms with Gasteiger partial charge in [0, 0.05) is 5.56 Å². The summed E-state index contributed by atoms with van der Waals surface area (Å²) in [7, 11) is 0. The lowest BCUT2D eigenvalue weighted by Gasteiger charge is -2.02. The summed E-state index contributed by atoms with van der Waals surface area (Å²) in [5, 5.41) is 2.18. The molecule has 0 aliphatic carbocycles. The molecular formula is C19H15F. The van der Waals surface area contributed by atoms with Gasteiger partial charge in [-0.05, 0) is 35.4 Å². The maximum absolute atomic E-state index is 14.3. The molecule has 0 aromatic heterocycles. The van der Waals surface area contributed by atoms with Crippen molar-refractivity contribution in [2.75, 3.05) is 0 Å². The number of hydrogen-bond acceptors (Lipinski definition) is 0. The van der Waals surface area contributed by atoms with Crippen molar-refractivity contribution >= 4 is 22.7 Å². The molecule has 1 heteroatoms. The zero-order valence-corrected chi connectivity index (χ0v) is 11.3. The highest BCUT2D eigenvalue weighted by Crippen LogP contribution is 2.24. The molecule has 98 valence electrons. The zero-order chi connectivity index (χ0) is 13.9. The van der Waals surface area contributed by atoms with Crippen molar-refractivity contribution in [1.29, 1.82) is 0 Å². The Balaban J connectivity index is 1.99. The summed E-state index contributed by atoms with van der Waals surface area (Å²) in [5.74, 6) is -0.209. The van der Waals surface area contributed by atoms with Crippen LogP contribution in [0, 0.1) is 6.92 Å². The van der Waals surface area contributed by atoms with Gasteiger partial charge >= 0.3 is 0 Å². The van der Waals surface area contributed by atoms with Gasteiger partial charge in [-0.2, -0.15) is 0 Å². The van der Waals surface area contributed by atoms with E-state index < -0.39 is 0 Å². The van der Waals surface area contributed by atoms with Gasteiger partial charge in [0.2, 0.25) is 0 Å². The number of halogens is 1. The number of aryl methyl sites for hydroxylation is 1. The second kappa shape index (κ2) is 5.30. The van der Waals surface area contributed by atoms with Gasteiger partial charge in [-0.1, -0.05) is 66.2 Å². The van der Waals surface area contributed by atoms with Crippen molar-refractivity contribution in [3.63, 3.8) is 0 Å². The minimum absolute atomic E-state index is 0.209. The van der Waals surface area contributed by atoms with Crippen molar-refractivity contribution in [3.05, 3.63) is 83.4 Å². The molecule has 0 amide bonds. The van der Waals surface area contributed by atoms with Crippen LogP contribution in [0.5, 0.6) is 0 Å². The van der Waals surface area contributed by atoms with E-state index >= 15 is 0 Å². The largest absolute Gasteiger partial charge is 0.206 e. The molecule has 0 aliphatic rings. The first-order chi connectivity index (χ1) is 9.72. The number of hydrogen-bond donors (Lipinski definition) is 0. The molecule has 0 bridgehead atoms. The van der Waals surface area contributed by atoms with E-state index in [0.29, 0.717) is 5.56 Å². The zero-order valence-electron chi connectivity index (χ0n) is 11.3. The van der Waals surface area contributed by atoms with Crippen LogP contribution in [0.1, 0.15) is 16.7 Å². The molecular weight excluding hydrogens is 247 g/mol. The minimum Gasteiger partial charge on any atom is -0.206 e. The fraction of sp³-hybridized carbons (Fsp3) is 0.0526. The van der Waals surface area contributed by atoms with Crippen molar-refractivity contribution < 1.29 is 4.39 Å². The monoisotopic (exact) mass is 262 g/mol. The maximum Gasteiger partial charge on any atom is 0.131 e. The topological polar surface area (TPSA) is 0 Å². The molecule has 0 radical (unpaired) electrons. The lowest BCUT2D eigenvalue weighted by atomic mass is 10.0. The molecule has 0 saturated heterocycles. The summed E-state index contributed by atoms with van der Waals surface area (Å²) < 4.78 is 14.3. The normalized spacial score (nSPS) is 11.8. The lowest BCUT2D eigenvalue weighted by Crippen LogP contribution is -1.81. The smallest absolute Gasteiger partial charge is 0.131 e. The molecule has 0 atom stereocenters. The predicted octanol–water partition coefficient (Wildman–Crippen LogP) is 5.62. The Kier molecular flexibility index (Phi) is 3.34. The summed E-state index contributed by atoms with van der Waals surface area (Å²) >= 11 is 0. The van der Waals surface area contributed by atoms with Crippen LogP contribution >= 0.6 is 0 Å². The number of fused-ring (bicyclic) bond motifs is 1. The highest BCUT2D eigenvalue weighted by Gasteiger charge is 2.02.